The van der Waals surface area contributed by atoms with Crippen molar-refractivity contribution in [1.82, 2.24) is 5.32 Å². The Morgan fingerprint density at radius 2 is 1.62 bits per heavy atom. The zero-order chi connectivity index (χ0) is 11.4. The molecule has 0 bridgehead atoms. The highest BCUT2D eigenvalue weighted by Crippen LogP contribution is 2.24. The lowest BCUT2D eigenvalue weighted by atomic mass is 9.86. The quantitative estimate of drug-likeness (QED) is 0.683. The number of aliphatic hydroxyl groups excluding tert-OH is 2. The third-order valence-corrected chi connectivity index (χ3v) is 4.15. The van der Waals surface area contributed by atoms with Gasteiger partial charge in [-0.15, -0.1) is 0 Å². The van der Waals surface area contributed by atoms with E-state index in [9.17, 15) is 10.2 Å². The van der Waals surface area contributed by atoms with E-state index in [-0.39, 0.29) is 12.2 Å². The van der Waals surface area contributed by atoms with E-state index in [1.165, 1.54) is 12.8 Å². The summed E-state index contributed by atoms with van der Waals surface area (Å²) in [4.78, 5) is 0. The van der Waals surface area contributed by atoms with Crippen molar-refractivity contribution >= 4 is 0 Å². The summed E-state index contributed by atoms with van der Waals surface area (Å²) in [7, 11) is 0. The Bertz CT molecular complexity index is 202. The van der Waals surface area contributed by atoms with Crippen LogP contribution in [0.3, 0.4) is 0 Å². The zero-order valence-corrected chi connectivity index (χ0v) is 10.1. The molecule has 16 heavy (non-hydrogen) atoms. The summed E-state index contributed by atoms with van der Waals surface area (Å²) < 4.78 is 0. The molecule has 0 aromatic carbocycles. The molecule has 2 unspecified atom stereocenters. The van der Waals surface area contributed by atoms with Gasteiger partial charge in [-0.25, -0.2) is 0 Å². The Morgan fingerprint density at radius 3 is 2.31 bits per heavy atom. The van der Waals surface area contributed by atoms with Crippen molar-refractivity contribution in [1.29, 1.82) is 0 Å². The van der Waals surface area contributed by atoms with E-state index >= 15 is 0 Å². The van der Waals surface area contributed by atoms with Gasteiger partial charge in [0.1, 0.15) is 0 Å². The van der Waals surface area contributed by atoms with Crippen LogP contribution < -0.4 is 5.32 Å². The Labute approximate surface area is 98.2 Å². The highest BCUT2D eigenvalue weighted by atomic mass is 16.3. The lowest BCUT2D eigenvalue weighted by Gasteiger charge is -2.30. The average molecular weight is 227 g/mol. The normalized spacial score (nSPS) is 40.9. The van der Waals surface area contributed by atoms with Gasteiger partial charge in [-0.1, -0.05) is 6.42 Å². The van der Waals surface area contributed by atoms with Crippen LogP contribution >= 0.6 is 0 Å². The lowest BCUT2D eigenvalue weighted by Crippen LogP contribution is -2.38. The molecule has 0 saturated heterocycles. The van der Waals surface area contributed by atoms with Crippen molar-refractivity contribution in [3.05, 3.63) is 0 Å². The Balaban J connectivity index is 1.63. The molecule has 2 aliphatic rings. The van der Waals surface area contributed by atoms with E-state index in [4.69, 9.17) is 0 Å². The smallest absolute Gasteiger partial charge is 0.0543 e. The third-order valence-electron chi connectivity index (χ3n) is 4.15. The second-order valence-electron chi connectivity index (χ2n) is 5.60. The third kappa shape index (κ3) is 3.72. The van der Waals surface area contributed by atoms with Gasteiger partial charge >= 0.3 is 0 Å². The number of nitrogens with one attached hydrogen (secondary N) is 1. The molecule has 2 saturated carbocycles. The first-order valence-electron chi connectivity index (χ1n) is 6.83. The standard InChI is InChI=1S/C13H25NO2/c15-12-6-4-11(5-7-12)14-9-10-2-1-3-13(16)8-10/h10-16H,1-9H2. The molecular formula is C13H25NO2. The molecule has 0 spiro atoms. The fourth-order valence-corrected chi connectivity index (χ4v) is 3.06. The van der Waals surface area contributed by atoms with Crippen LogP contribution in [0.2, 0.25) is 0 Å². The molecule has 0 aromatic rings. The van der Waals surface area contributed by atoms with Crippen LogP contribution in [-0.4, -0.2) is 35.0 Å². The predicted molar refractivity (Wildman–Crippen MR) is 64.2 cm³/mol. The number of hydrogen-bond acceptors (Lipinski definition) is 3. The second-order valence-corrected chi connectivity index (χ2v) is 5.60. The molecule has 2 aliphatic carbocycles. The van der Waals surface area contributed by atoms with Gasteiger partial charge in [-0.3, -0.25) is 0 Å². The average Bonchev–Trinajstić information content (AvgIpc) is 2.28. The van der Waals surface area contributed by atoms with Crippen molar-refractivity contribution < 1.29 is 10.2 Å². The monoisotopic (exact) mass is 227 g/mol. The minimum absolute atomic E-state index is 0.0606. The summed E-state index contributed by atoms with van der Waals surface area (Å²) in [6.45, 7) is 1.05. The largest absolute Gasteiger partial charge is 0.393 e. The Morgan fingerprint density at radius 1 is 0.875 bits per heavy atom. The Kier molecular flexibility index (Phi) is 4.62. The maximum atomic E-state index is 9.59. The van der Waals surface area contributed by atoms with Gasteiger partial charge in [0.2, 0.25) is 0 Å². The molecule has 0 radical (unpaired) electrons. The molecule has 0 amide bonds. The van der Waals surface area contributed by atoms with Crippen molar-refractivity contribution in [2.24, 2.45) is 5.92 Å². The van der Waals surface area contributed by atoms with Gasteiger partial charge in [-0.05, 0) is 57.4 Å². The molecule has 0 heterocycles. The van der Waals surface area contributed by atoms with E-state index in [2.05, 4.69) is 5.32 Å². The van der Waals surface area contributed by atoms with E-state index in [0.717, 1.165) is 45.1 Å². The van der Waals surface area contributed by atoms with Gasteiger partial charge < -0.3 is 15.5 Å². The van der Waals surface area contributed by atoms with Gasteiger partial charge in [0.05, 0.1) is 12.2 Å². The highest BCUT2D eigenvalue weighted by Gasteiger charge is 2.23. The first-order chi connectivity index (χ1) is 7.74. The van der Waals surface area contributed by atoms with E-state index in [1.54, 1.807) is 0 Å². The molecule has 2 rings (SSSR count). The minimum Gasteiger partial charge on any atom is -0.393 e. The summed E-state index contributed by atoms with van der Waals surface area (Å²) >= 11 is 0. The van der Waals surface area contributed by atoms with Crippen LogP contribution in [0.4, 0.5) is 0 Å². The van der Waals surface area contributed by atoms with Crippen LogP contribution in [0.5, 0.6) is 0 Å². The fourth-order valence-electron chi connectivity index (χ4n) is 3.06. The molecule has 94 valence electrons. The SMILES string of the molecule is OC1CCC(NCC2CCCC(O)C2)CC1. The van der Waals surface area contributed by atoms with E-state index < -0.39 is 0 Å². The molecule has 0 aromatic heterocycles. The first kappa shape index (κ1) is 12.3. The number of aliphatic hydroxyl groups is 2. The van der Waals surface area contributed by atoms with Crippen LogP contribution in [0.15, 0.2) is 0 Å². The molecular weight excluding hydrogens is 202 g/mol. The Hall–Kier alpha value is -0.120. The van der Waals surface area contributed by atoms with Crippen LogP contribution in [0, 0.1) is 5.92 Å². The molecule has 2 atom stereocenters. The van der Waals surface area contributed by atoms with E-state index in [0.29, 0.717) is 12.0 Å². The maximum absolute atomic E-state index is 9.59. The number of rotatable bonds is 3. The van der Waals surface area contributed by atoms with Gasteiger partial charge in [0.15, 0.2) is 0 Å². The molecule has 3 N–H and O–H groups in total. The van der Waals surface area contributed by atoms with Crippen molar-refractivity contribution in [3.63, 3.8) is 0 Å². The first-order valence-corrected chi connectivity index (χ1v) is 6.83. The minimum atomic E-state index is -0.0614. The highest BCUT2D eigenvalue weighted by molar-refractivity contribution is 4.79. The van der Waals surface area contributed by atoms with Gasteiger partial charge in [0, 0.05) is 6.04 Å². The fraction of sp³-hybridized carbons (Fsp3) is 1.00. The van der Waals surface area contributed by atoms with E-state index in [1.807, 2.05) is 0 Å². The summed E-state index contributed by atoms with van der Waals surface area (Å²) in [6, 6.07) is 0.600. The zero-order valence-electron chi connectivity index (χ0n) is 10.1. The predicted octanol–water partition coefficient (Wildman–Crippen LogP) is 1.43. The topological polar surface area (TPSA) is 52.5 Å². The van der Waals surface area contributed by atoms with Crippen molar-refractivity contribution in [3.8, 4) is 0 Å². The summed E-state index contributed by atoms with van der Waals surface area (Å²) in [5, 5.41) is 22.6. The van der Waals surface area contributed by atoms with Gasteiger partial charge in [0.25, 0.3) is 0 Å². The maximum Gasteiger partial charge on any atom is 0.0543 e. The summed E-state index contributed by atoms with van der Waals surface area (Å²) in [6.07, 6.45) is 8.40. The second kappa shape index (κ2) is 5.99. The molecule has 2 fully saturated rings. The summed E-state index contributed by atoms with van der Waals surface area (Å²) in [5.41, 5.74) is 0. The molecule has 3 heteroatoms. The van der Waals surface area contributed by atoms with Crippen LogP contribution in [0.1, 0.15) is 51.4 Å². The summed E-state index contributed by atoms with van der Waals surface area (Å²) in [5.74, 6) is 0.663. The van der Waals surface area contributed by atoms with Crippen molar-refractivity contribution in [2.75, 3.05) is 6.54 Å². The molecule has 3 nitrogen and oxygen atoms in total. The number of hydrogen-bond donors (Lipinski definition) is 3. The van der Waals surface area contributed by atoms with Gasteiger partial charge in [-0.2, -0.15) is 0 Å². The molecule has 0 aliphatic heterocycles. The van der Waals surface area contributed by atoms with Crippen LogP contribution in [-0.2, 0) is 0 Å². The van der Waals surface area contributed by atoms with Crippen LogP contribution in [0.25, 0.3) is 0 Å². The van der Waals surface area contributed by atoms with Crippen molar-refractivity contribution in [2.45, 2.75) is 69.6 Å². The lowest BCUT2D eigenvalue weighted by molar-refractivity contribution is 0.0937.